The van der Waals surface area contributed by atoms with Crippen LogP contribution in [0.2, 0.25) is 0 Å². The van der Waals surface area contributed by atoms with Crippen molar-refractivity contribution in [2.75, 3.05) is 39.3 Å². The van der Waals surface area contributed by atoms with E-state index in [0.717, 1.165) is 13.1 Å². The molecule has 0 saturated carbocycles. The first kappa shape index (κ1) is 18.8. The third kappa shape index (κ3) is 4.60. The Morgan fingerprint density at radius 3 is 2.42 bits per heavy atom. The lowest BCUT2D eigenvalue weighted by Gasteiger charge is -2.26. The first-order valence-electron chi connectivity index (χ1n) is 9.62. The van der Waals surface area contributed by atoms with Crippen molar-refractivity contribution >= 4 is 11.8 Å². The van der Waals surface area contributed by atoms with Crippen LogP contribution in [-0.4, -0.2) is 75.9 Å². The molecule has 2 aliphatic rings. The van der Waals surface area contributed by atoms with Crippen LogP contribution in [0.5, 0.6) is 0 Å². The summed E-state index contributed by atoms with van der Waals surface area (Å²) in [6.07, 6.45) is 5.47. The molecule has 2 fully saturated rings. The van der Waals surface area contributed by atoms with E-state index in [-0.39, 0.29) is 17.9 Å². The van der Waals surface area contributed by atoms with Gasteiger partial charge in [0, 0.05) is 26.6 Å². The molecule has 2 saturated heterocycles. The molecule has 26 heavy (non-hydrogen) atoms. The van der Waals surface area contributed by atoms with Crippen molar-refractivity contribution in [3.8, 4) is 0 Å². The number of nitrogens with zero attached hydrogens (tertiary/aromatic N) is 5. The maximum atomic E-state index is 12.8. The molecule has 8 heteroatoms. The van der Waals surface area contributed by atoms with Crippen LogP contribution in [0.4, 0.5) is 0 Å². The van der Waals surface area contributed by atoms with Crippen molar-refractivity contribution in [2.45, 2.75) is 52.0 Å². The van der Waals surface area contributed by atoms with E-state index >= 15 is 0 Å². The minimum Gasteiger partial charge on any atom is -0.340 e. The fourth-order valence-electron chi connectivity index (χ4n) is 3.85. The van der Waals surface area contributed by atoms with Gasteiger partial charge in [-0.3, -0.25) is 14.5 Å². The van der Waals surface area contributed by atoms with Gasteiger partial charge in [-0.2, -0.15) is 4.98 Å². The predicted octanol–water partition coefficient (Wildman–Crippen LogP) is 1.38. The SMILES string of the molecule is CC(=O)N1CCN(C(=O)CN2CCCCCC2)CCC1c1nc(C)no1. The van der Waals surface area contributed by atoms with Gasteiger partial charge in [0.05, 0.1) is 6.54 Å². The van der Waals surface area contributed by atoms with Gasteiger partial charge in [-0.1, -0.05) is 18.0 Å². The smallest absolute Gasteiger partial charge is 0.249 e. The van der Waals surface area contributed by atoms with E-state index in [9.17, 15) is 9.59 Å². The highest BCUT2D eigenvalue weighted by Crippen LogP contribution is 2.26. The van der Waals surface area contributed by atoms with E-state index < -0.39 is 0 Å². The van der Waals surface area contributed by atoms with Crippen LogP contribution in [-0.2, 0) is 9.59 Å². The van der Waals surface area contributed by atoms with Crippen LogP contribution in [0.25, 0.3) is 0 Å². The Kier molecular flexibility index (Phi) is 6.24. The van der Waals surface area contributed by atoms with Gasteiger partial charge < -0.3 is 14.3 Å². The molecule has 0 radical (unpaired) electrons. The Morgan fingerprint density at radius 1 is 1.08 bits per heavy atom. The lowest BCUT2D eigenvalue weighted by molar-refractivity contribution is -0.134. The van der Waals surface area contributed by atoms with Crippen molar-refractivity contribution in [3.63, 3.8) is 0 Å². The first-order chi connectivity index (χ1) is 12.5. The summed E-state index contributed by atoms with van der Waals surface area (Å²) < 4.78 is 5.30. The Hall–Kier alpha value is -1.96. The largest absolute Gasteiger partial charge is 0.340 e. The fourth-order valence-corrected chi connectivity index (χ4v) is 3.85. The van der Waals surface area contributed by atoms with Gasteiger partial charge in [0.15, 0.2) is 5.82 Å². The number of rotatable bonds is 3. The number of hydrogen-bond donors (Lipinski definition) is 0. The highest BCUT2D eigenvalue weighted by molar-refractivity contribution is 5.78. The maximum absolute atomic E-state index is 12.8. The highest BCUT2D eigenvalue weighted by atomic mass is 16.5. The third-order valence-corrected chi connectivity index (χ3v) is 5.30. The van der Waals surface area contributed by atoms with Crippen molar-refractivity contribution in [2.24, 2.45) is 0 Å². The van der Waals surface area contributed by atoms with Gasteiger partial charge in [0.25, 0.3) is 0 Å². The molecule has 1 aromatic heterocycles. The van der Waals surface area contributed by atoms with Gasteiger partial charge in [0.1, 0.15) is 6.04 Å². The third-order valence-electron chi connectivity index (χ3n) is 5.30. The summed E-state index contributed by atoms with van der Waals surface area (Å²) in [6.45, 7) is 7.44. The zero-order chi connectivity index (χ0) is 18.5. The van der Waals surface area contributed by atoms with Gasteiger partial charge in [-0.25, -0.2) is 0 Å². The molecule has 0 bridgehead atoms. The Bertz CT molecular complexity index is 624. The molecule has 0 N–H and O–H groups in total. The summed E-state index contributed by atoms with van der Waals surface area (Å²) in [5.41, 5.74) is 0. The number of carbonyl (C=O) groups is 2. The van der Waals surface area contributed by atoms with Crippen LogP contribution >= 0.6 is 0 Å². The topological polar surface area (TPSA) is 82.8 Å². The van der Waals surface area contributed by atoms with Crippen molar-refractivity contribution in [1.82, 2.24) is 24.8 Å². The summed E-state index contributed by atoms with van der Waals surface area (Å²) in [7, 11) is 0. The molecular formula is C18H29N5O3. The second-order valence-corrected chi connectivity index (χ2v) is 7.27. The van der Waals surface area contributed by atoms with E-state index in [1.807, 2.05) is 4.90 Å². The Labute approximate surface area is 154 Å². The minimum atomic E-state index is -0.260. The maximum Gasteiger partial charge on any atom is 0.249 e. The van der Waals surface area contributed by atoms with Crippen molar-refractivity contribution < 1.29 is 14.1 Å². The summed E-state index contributed by atoms with van der Waals surface area (Å²) >= 11 is 0. The molecule has 0 spiro atoms. The van der Waals surface area contributed by atoms with Gasteiger partial charge in [-0.05, 0) is 39.3 Å². The number of aromatic nitrogens is 2. The second kappa shape index (κ2) is 8.62. The average molecular weight is 363 g/mol. The van der Waals surface area contributed by atoms with E-state index in [0.29, 0.717) is 44.3 Å². The van der Waals surface area contributed by atoms with Gasteiger partial charge in [-0.15, -0.1) is 0 Å². The summed E-state index contributed by atoms with van der Waals surface area (Å²) in [6, 6.07) is -0.260. The average Bonchev–Trinajstić information content (AvgIpc) is 2.81. The minimum absolute atomic E-state index is 0.0346. The molecule has 2 amide bonds. The normalized spacial score (nSPS) is 22.8. The summed E-state index contributed by atoms with van der Waals surface area (Å²) in [5, 5.41) is 3.85. The van der Waals surface area contributed by atoms with Crippen molar-refractivity contribution in [3.05, 3.63) is 11.7 Å². The van der Waals surface area contributed by atoms with Crippen LogP contribution in [0.3, 0.4) is 0 Å². The fraction of sp³-hybridized carbons (Fsp3) is 0.778. The van der Waals surface area contributed by atoms with Gasteiger partial charge in [0.2, 0.25) is 17.7 Å². The van der Waals surface area contributed by atoms with E-state index in [1.54, 1.807) is 18.7 Å². The molecular weight excluding hydrogens is 334 g/mol. The number of aryl methyl sites for hydroxylation is 1. The quantitative estimate of drug-likeness (QED) is 0.807. The molecule has 3 heterocycles. The molecule has 1 unspecified atom stereocenters. The standard InChI is InChI=1S/C18H29N5O3/c1-14-19-18(26-20-14)16-7-10-22(11-12-23(16)15(2)24)17(25)13-21-8-5-3-4-6-9-21/h16H,3-13H2,1-2H3. The van der Waals surface area contributed by atoms with Crippen molar-refractivity contribution in [1.29, 1.82) is 0 Å². The molecule has 1 aromatic rings. The Morgan fingerprint density at radius 2 is 1.81 bits per heavy atom. The summed E-state index contributed by atoms with van der Waals surface area (Å²) in [5.74, 6) is 1.13. The zero-order valence-corrected chi connectivity index (χ0v) is 15.8. The lowest BCUT2D eigenvalue weighted by Crippen LogP contribution is -2.42. The number of likely N-dealkylation sites (tertiary alicyclic amines) is 1. The predicted molar refractivity (Wildman–Crippen MR) is 95.3 cm³/mol. The molecule has 0 aromatic carbocycles. The van der Waals surface area contributed by atoms with Crippen LogP contribution in [0.15, 0.2) is 4.52 Å². The van der Waals surface area contributed by atoms with Crippen LogP contribution < -0.4 is 0 Å². The molecule has 1 atom stereocenters. The Balaban J connectivity index is 1.64. The zero-order valence-electron chi connectivity index (χ0n) is 15.8. The highest BCUT2D eigenvalue weighted by Gasteiger charge is 2.32. The number of carbonyl (C=O) groups excluding carboxylic acids is 2. The molecule has 2 aliphatic heterocycles. The number of hydrogen-bond acceptors (Lipinski definition) is 6. The molecule has 8 nitrogen and oxygen atoms in total. The molecule has 3 rings (SSSR count). The summed E-state index contributed by atoms with van der Waals surface area (Å²) in [4.78, 5) is 35.1. The molecule has 0 aliphatic carbocycles. The van der Waals surface area contributed by atoms with E-state index in [4.69, 9.17) is 4.52 Å². The van der Waals surface area contributed by atoms with Crippen LogP contribution in [0, 0.1) is 6.92 Å². The van der Waals surface area contributed by atoms with Gasteiger partial charge >= 0.3 is 0 Å². The molecule has 144 valence electrons. The lowest BCUT2D eigenvalue weighted by atomic mass is 10.1. The monoisotopic (exact) mass is 363 g/mol. The van der Waals surface area contributed by atoms with E-state index in [1.165, 1.54) is 25.7 Å². The van der Waals surface area contributed by atoms with E-state index in [2.05, 4.69) is 15.0 Å². The first-order valence-corrected chi connectivity index (χ1v) is 9.62. The van der Waals surface area contributed by atoms with Crippen LogP contribution in [0.1, 0.15) is 56.8 Å². The second-order valence-electron chi connectivity index (χ2n) is 7.27. The number of amides is 2.